The van der Waals surface area contributed by atoms with Crippen molar-refractivity contribution in [3.05, 3.63) is 11.4 Å². The van der Waals surface area contributed by atoms with E-state index in [0.29, 0.717) is 25.2 Å². The third-order valence-electron chi connectivity index (χ3n) is 2.83. The number of amides is 1. The highest BCUT2D eigenvalue weighted by molar-refractivity contribution is 7.89. The van der Waals surface area contributed by atoms with Crippen LogP contribution in [0.1, 0.15) is 43.4 Å². The number of H-pyrrole nitrogens is 1. The number of carbonyl (C=O) groups is 1. The SMILES string of the molecule is CCCc1[nH]nc(C(=O)N(CC)CC)c1S(N)(=O)=O. The van der Waals surface area contributed by atoms with Crippen LogP contribution in [0.2, 0.25) is 0 Å². The summed E-state index contributed by atoms with van der Waals surface area (Å²) in [6.45, 7) is 6.50. The minimum Gasteiger partial charge on any atom is -0.338 e. The second-order valence-electron chi connectivity index (χ2n) is 4.15. The number of nitrogens with two attached hydrogens (primary N) is 1. The Morgan fingerprint density at radius 2 is 1.89 bits per heavy atom. The van der Waals surface area contributed by atoms with Gasteiger partial charge in [-0.25, -0.2) is 13.6 Å². The van der Waals surface area contributed by atoms with E-state index >= 15 is 0 Å². The first-order chi connectivity index (χ1) is 8.86. The van der Waals surface area contributed by atoms with E-state index < -0.39 is 15.9 Å². The van der Waals surface area contributed by atoms with Crippen LogP contribution < -0.4 is 5.14 Å². The quantitative estimate of drug-likeness (QED) is 0.793. The Labute approximate surface area is 113 Å². The monoisotopic (exact) mass is 288 g/mol. The van der Waals surface area contributed by atoms with Crippen molar-refractivity contribution in [2.45, 2.75) is 38.5 Å². The third kappa shape index (κ3) is 3.32. The van der Waals surface area contributed by atoms with E-state index in [1.54, 1.807) is 0 Å². The molecular formula is C11H20N4O3S. The Bertz CT molecular complexity index is 546. The summed E-state index contributed by atoms with van der Waals surface area (Å²) in [4.78, 5) is 13.5. The zero-order valence-electron chi connectivity index (χ0n) is 11.4. The highest BCUT2D eigenvalue weighted by Gasteiger charge is 2.28. The lowest BCUT2D eigenvalue weighted by atomic mass is 10.2. The van der Waals surface area contributed by atoms with Crippen molar-refractivity contribution in [1.82, 2.24) is 15.1 Å². The van der Waals surface area contributed by atoms with Gasteiger partial charge in [-0.3, -0.25) is 9.89 Å². The first-order valence-electron chi connectivity index (χ1n) is 6.26. The Morgan fingerprint density at radius 1 is 1.32 bits per heavy atom. The Hall–Kier alpha value is -1.41. The highest BCUT2D eigenvalue weighted by Crippen LogP contribution is 2.19. The van der Waals surface area contributed by atoms with Crippen molar-refractivity contribution in [3.63, 3.8) is 0 Å². The van der Waals surface area contributed by atoms with Crippen LogP contribution in [-0.4, -0.2) is 42.5 Å². The van der Waals surface area contributed by atoms with Gasteiger partial charge in [0, 0.05) is 13.1 Å². The molecule has 0 bridgehead atoms. The van der Waals surface area contributed by atoms with Gasteiger partial charge in [-0.05, 0) is 20.3 Å². The minimum atomic E-state index is -3.98. The maximum absolute atomic E-state index is 12.2. The average Bonchev–Trinajstić information content (AvgIpc) is 2.74. The van der Waals surface area contributed by atoms with E-state index in [-0.39, 0.29) is 10.6 Å². The topological polar surface area (TPSA) is 109 Å². The summed E-state index contributed by atoms with van der Waals surface area (Å²) in [6.07, 6.45) is 1.20. The van der Waals surface area contributed by atoms with E-state index in [1.165, 1.54) is 4.90 Å². The van der Waals surface area contributed by atoms with Crippen LogP contribution in [-0.2, 0) is 16.4 Å². The molecule has 0 saturated carbocycles. The Balaban J connectivity index is 3.33. The molecule has 8 heteroatoms. The molecule has 108 valence electrons. The van der Waals surface area contributed by atoms with Gasteiger partial charge in [-0.15, -0.1) is 0 Å². The van der Waals surface area contributed by atoms with Crippen molar-refractivity contribution in [1.29, 1.82) is 0 Å². The number of nitrogens with zero attached hydrogens (tertiary/aromatic N) is 2. The molecule has 0 aromatic carbocycles. The minimum absolute atomic E-state index is 0.116. The largest absolute Gasteiger partial charge is 0.338 e. The summed E-state index contributed by atoms with van der Waals surface area (Å²) in [6, 6.07) is 0. The number of rotatable bonds is 6. The molecule has 3 N–H and O–H groups in total. The maximum atomic E-state index is 12.2. The molecule has 0 fully saturated rings. The van der Waals surface area contributed by atoms with Crippen LogP contribution in [0.25, 0.3) is 0 Å². The van der Waals surface area contributed by atoms with Gasteiger partial charge < -0.3 is 4.90 Å². The summed E-state index contributed by atoms with van der Waals surface area (Å²) in [5.74, 6) is -0.423. The number of nitrogens with one attached hydrogen (secondary N) is 1. The van der Waals surface area contributed by atoms with Crippen LogP contribution in [0.4, 0.5) is 0 Å². The fourth-order valence-corrected chi connectivity index (χ4v) is 2.79. The summed E-state index contributed by atoms with van der Waals surface area (Å²) in [5, 5.41) is 11.6. The van der Waals surface area contributed by atoms with Gasteiger partial charge in [-0.1, -0.05) is 13.3 Å². The second kappa shape index (κ2) is 6.16. The molecule has 0 unspecified atom stereocenters. The molecule has 1 amide bonds. The third-order valence-corrected chi connectivity index (χ3v) is 3.84. The first-order valence-corrected chi connectivity index (χ1v) is 7.80. The fourth-order valence-electron chi connectivity index (χ4n) is 1.90. The molecule has 0 aliphatic rings. The second-order valence-corrected chi connectivity index (χ2v) is 5.65. The van der Waals surface area contributed by atoms with E-state index in [4.69, 9.17) is 5.14 Å². The highest BCUT2D eigenvalue weighted by atomic mass is 32.2. The molecule has 0 aliphatic carbocycles. The smallest absolute Gasteiger partial charge is 0.275 e. The van der Waals surface area contributed by atoms with Gasteiger partial charge in [-0.2, -0.15) is 5.10 Å². The molecule has 1 aromatic rings. The summed E-state index contributed by atoms with van der Waals surface area (Å²) in [7, 11) is -3.98. The molecule has 0 saturated heterocycles. The Morgan fingerprint density at radius 3 is 2.32 bits per heavy atom. The van der Waals surface area contributed by atoms with E-state index in [2.05, 4.69) is 10.2 Å². The first kappa shape index (κ1) is 15.6. The van der Waals surface area contributed by atoms with E-state index in [9.17, 15) is 13.2 Å². The van der Waals surface area contributed by atoms with Gasteiger partial charge in [0.25, 0.3) is 5.91 Å². The molecule has 0 atom stereocenters. The van der Waals surface area contributed by atoms with E-state index in [0.717, 1.165) is 6.42 Å². The number of aryl methyl sites for hydroxylation is 1. The van der Waals surface area contributed by atoms with Gasteiger partial charge in [0.2, 0.25) is 10.0 Å². The number of carbonyl (C=O) groups excluding carboxylic acids is 1. The fraction of sp³-hybridized carbons (Fsp3) is 0.636. The van der Waals surface area contributed by atoms with Crippen molar-refractivity contribution >= 4 is 15.9 Å². The molecule has 19 heavy (non-hydrogen) atoms. The molecule has 0 aliphatic heterocycles. The van der Waals surface area contributed by atoms with Gasteiger partial charge >= 0.3 is 0 Å². The number of hydrogen-bond acceptors (Lipinski definition) is 4. The molecule has 7 nitrogen and oxygen atoms in total. The summed E-state index contributed by atoms with van der Waals surface area (Å²) in [5.41, 5.74) is 0.273. The van der Waals surface area contributed by atoms with Crippen LogP contribution in [0.3, 0.4) is 0 Å². The van der Waals surface area contributed by atoms with Crippen molar-refractivity contribution in [3.8, 4) is 0 Å². The number of primary sulfonamides is 1. The number of sulfonamides is 1. The zero-order chi connectivity index (χ0) is 14.6. The van der Waals surface area contributed by atoms with Crippen LogP contribution in [0.15, 0.2) is 4.90 Å². The lowest BCUT2D eigenvalue weighted by Crippen LogP contribution is -2.32. The lowest BCUT2D eigenvalue weighted by molar-refractivity contribution is 0.0763. The van der Waals surface area contributed by atoms with E-state index in [1.807, 2.05) is 20.8 Å². The standard InChI is InChI=1S/C11H20N4O3S/c1-4-7-8-10(19(12,17)18)9(14-13-8)11(16)15(5-2)6-3/h4-7H2,1-3H3,(H,13,14)(H2,12,17,18). The average molecular weight is 288 g/mol. The lowest BCUT2D eigenvalue weighted by Gasteiger charge is -2.17. The van der Waals surface area contributed by atoms with Gasteiger partial charge in [0.1, 0.15) is 4.90 Å². The van der Waals surface area contributed by atoms with Gasteiger partial charge in [0.15, 0.2) is 5.69 Å². The number of hydrogen-bond donors (Lipinski definition) is 2. The maximum Gasteiger partial charge on any atom is 0.275 e. The van der Waals surface area contributed by atoms with Crippen LogP contribution in [0, 0.1) is 0 Å². The molecule has 1 aromatic heterocycles. The molecule has 1 heterocycles. The number of aromatic nitrogens is 2. The van der Waals surface area contributed by atoms with Crippen molar-refractivity contribution in [2.24, 2.45) is 5.14 Å². The van der Waals surface area contributed by atoms with Crippen molar-refractivity contribution < 1.29 is 13.2 Å². The number of aromatic amines is 1. The van der Waals surface area contributed by atoms with Crippen molar-refractivity contribution in [2.75, 3.05) is 13.1 Å². The zero-order valence-corrected chi connectivity index (χ0v) is 12.2. The summed E-state index contributed by atoms with van der Waals surface area (Å²) < 4.78 is 23.3. The van der Waals surface area contributed by atoms with Crippen LogP contribution >= 0.6 is 0 Å². The van der Waals surface area contributed by atoms with Gasteiger partial charge in [0.05, 0.1) is 5.69 Å². The molecule has 1 rings (SSSR count). The molecular weight excluding hydrogens is 268 g/mol. The normalized spacial score (nSPS) is 11.6. The van der Waals surface area contributed by atoms with Crippen LogP contribution in [0.5, 0.6) is 0 Å². The summed E-state index contributed by atoms with van der Waals surface area (Å²) >= 11 is 0. The predicted molar refractivity (Wildman–Crippen MR) is 71.2 cm³/mol. The molecule has 0 spiro atoms. The molecule has 0 radical (unpaired) electrons. The predicted octanol–water partition coefficient (Wildman–Crippen LogP) is 0.492. The Kier molecular flexibility index (Phi) is 5.07.